The van der Waals surface area contributed by atoms with E-state index in [-0.39, 0.29) is 75.4 Å². The molecule has 0 amide bonds. The highest BCUT2D eigenvalue weighted by atomic mass is 15.2. The third-order valence-corrected chi connectivity index (χ3v) is 21.6. The van der Waals surface area contributed by atoms with Gasteiger partial charge in [-0.3, -0.25) is 0 Å². The van der Waals surface area contributed by atoms with E-state index in [0.29, 0.717) is 28.2 Å². The first-order valence-corrected chi connectivity index (χ1v) is 36.8. The summed E-state index contributed by atoms with van der Waals surface area (Å²) in [6.45, 7) is 33.2. The van der Waals surface area contributed by atoms with Crippen LogP contribution in [0.25, 0.3) is 99.5 Å². The maximum Gasteiger partial charge on any atom is 0.252 e. The summed E-state index contributed by atoms with van der Waals surface area (Å²) >= 11 is 0. The lowest BCUT2D eigenvalue weighted by Gasteiger charge is -2.46. The van der Waals surface area contributed by atoms with E-state index in [2.05, 4.69) is 353 Å². The predicted molar refractivity (Wildman–Crippen MR) is 449 cm³/mol. The van der Waals surface area contributed by atoms with E-state index >= 15 is 0 Å². The van der Waals surface area contributed by atoms with Crippen molar-refractivity contribution in [1.29, 1.82) is 0 Å². The molecule has 4 heterocycles. The van der Waals surface area contributed by atoms with E-state index in [0.717, 1.165) is 145 Å². The van der Waals surface area contributed by atoms with Crippen LogP contribution in [0.1, 0.15) is 143 Å². The predicted octanol–water partition coefficient (Wildman–Crippen LogP) is 25.4. The van der Waals surface area contributed by atoms with Crippen molar-refractivity contribution in [2.24, 2.45) is 5.41 Å². The van der Waals surface area contributed by atoms with Gasteiger partial charge in [0.05, 0.1) is 44.4 Å². The summed E-state index contributed by atoms with van der Waals surface area (Å²) in [5, 5.41) is 2.41. The Labute approximate surface area is 627 Å². The molecule has 0 fully saturated rings. The summed E-state index contributed by atoms with van der Waals surface area (Å²) in [5.41, 5.74) is 24.9. The first-order chi connectivity index (χ1) is 53.1. The summed E-state index contributed by atoms with van der Waals surface area (Å²) in [4.78, 5) is 5.12. The molecule has 0 saturated carbocycles. The fourth-order valence-corrected chi connectivity index (χ4v) is 16.4. The summed E-state index contributed by atoms with van der Waals surface area (Å²) in [6, 6.07) is 82.4. The van der Waals surface area contributed by atoms with Gasteiger partial charge in [0.1, 0.15) is 0 Å². The third kappa shape index (κ3) is 11.3. The number of fused-ring (bicyclic) bond motifs is 10. The second-order valence-corrected chi connectivity index (χ2v) is 34.3. The Balaban J connectivity index is 1.09. The van der Waals surface area contributed by atoms with Gasteiger partial charge in [-0.2, -0.15) is 0 Å². The average Bonchev–Trinajstić information content (AvgIpc) is 0.764. The van der Waals surface area contributed by atoms with Crippen molar-refractivity contribution in [3.05, 3.63) is 307 Å². The number of benzene rings is 13. The van der Waals surface area contributed by atoms with Gasteiger partial charge in [-0.05, 0) is 197 Å². The van der Waals surface area contributed by atoms with E-state index < -0.39 is 6.71 Å². The minimum atomic E-state index is -0.493. The Kier molecular flexibility index (Phi) is 13.5. The van der Waals surface area contributed by atoms with Crippen molar-refractivity contribution in [3.8, 4) is 55.9 Å². The van der Waals surface area contributed by atoms with Crippen LogP contribution in [0.5, 0.6) is 0 Å². The Hall–Kier alpha value is -10.9. The van der Waals surface area contributed by atoms with Crippen molar-refractivity contribution in [2.75, 3.05) is 9.80 Å². The highest BCUT2D eigenvalue weighted by Gasteiger charge is 2.46. The summed E-state index contributed by atoms with van der Waals surface area (Å²) < 4.78 is 81.0. The third-order valence-electron chi connectivity index (χ3n) is 21.6. The van der Waals surface area contributed by atoms with Crippen LogP contribution in [0.3, 0.4) is 0 Å². The molecule has 0 N–H and O–H groups in total. The summed E-state index contributed by atoms with van der Waals surface area (Å²) in [5.74, 6) is 0. The van der Waals surface area contributed by atoms with Crippen LogP contribution in [0.15, 0.2) is 279 Å². The molecule has 0 unspecified atom stereocenters. The number of hydrogen-bond acceptors (Lipinski definition) is 2. The molecule has 0 bridgehead atoms. The lowest BCUT2D eigenvalue weighted by molar-refractivity contribution is 0.411. The maximum absolute atomic E-state index is 10.0. The molecule has 0 atom stereocenters. The van der Waals surface area contributed by atoms with Crippen molar-refractivity contribution in [2.45, 2.75) is 132 Å². The molecule has 2 aromatic heterocycles. The molecule has 17 rings (SSSR count). The quantitative estimate of drug-likeness (QED) is 0.134. The number of aromatic nitrogens is 2. The maximum atomic E-state index is 10.0. The first-order valence-electron chi connectivity index (χ1n) is 40.8. The van der Waals surface area contributed by atoms with Crippen molar-refractivity contribution >= 4 is 101 Å². The zero-order valence-corrected chi connectivity index (χ0v) is 62.5. The smallest absolute Gasteiger partial charge is 0.252 e. The number of anilines is 6. The number of para-hydroxylation sites is 2. The Morgan fingerprint density at radius 3 is 0.971 bits per heavy atom. The van der Waals surface area contributed by atoms with Gasteiger partial charge in [0.25, 0.3) is 6.71 Å². The van der Waals surface area contributed by atoms with Crippen molar-refractivity contribution in [1.82, 2.24) is 9.13 Å². The van der Waals surface area contributed by atoms with E-state index in [1.54, 1.807) is 0 Å². The van der Waals surface area contributed by atoms with Crippen LogP contribution < -0.4 is 26.2 Å². The molecule has 2 aliphatic heterocycles. The minimum absolute atomic E-state index is 0.0882. The van der Waals surface area contributed by atoms with Gasteiger partial charge in [-0.25, -0.2) is 0 Å². The molecule has 512 valence electrons. The summed E-state index contributed by atoms with van der Waals surface area (Å²) in [7, 11) is 0. The molecule has 13 aromatic carbocycles. The molecule has 5 heteroatoms. The first kappa shape index (κ1) is 57.6. The lowest BCUT2D eigenvalue weighted by Crippen LogP contribution is -2.61. The number of rotatable bonds is 9. The zero-order valence-electron chi connectivity index (χ0n) is 70.5. The van der Waals surface area contributed by atoms with Gasteiger partial charge in [0.2, 0.25) is 0 Å². The van der Waals surface area contributed by atoms with Crippen molar-refractivity contribution < 1.29 is 11.0 Å². The molecule has 4 nitrogen and oxygen atoms in total. The topological polar surface area (TPSA) is 16.3 Å². The minimum Gasteiger partial charge on any atom is -0.310 e. The monoisotopic (exact) mass is 1360 g/mol. The fraction of sp³-hybridized carbons (Fsp3) is 0.212. The molecule has 15 aromatic rings. The van der Waals surface area contributed by atoms with Crippen LogP contribution >= 0.6 is 0 Å². The fourth-order valence-electron chi connectivity index (χ4n) is 16.4. The van der Waals surface area contributed by atoms with Gasteiger partial charge in [-0.15, -0.1) is 0 Å². The van der Waals surface area contributed by atoms with Crippen LogP contribution in [0.2, 0.25) is 0 Å². The zero-order chi connectivity index (χ0) is 79.1. The van der Waals surface area contributed by atoms with E-state index in [1.807, 2.05) is 0 Å². The molecule has 2 aliphatic rings. The molecule has 0 saturated heterocycles. The molecule has 0 aliphatic carbocycles. The lowest BCUT2D eigenvalue weighted by atomic mass is 9.33. The molecule has 104 heavy (non-hydrogen) atoms. The average molecular weight is 1360 g/mol. The van der Waals surface area contributed by atoms with Crippen LogP contribution in [0, 0.1) is 5.41 Å². The Morgan fingerprint density at radius 2 is 0.644 bits per heavy atom. The normalized spacial score (nSPS) is 14.4. The highest BCUT2D eigenvalue weighted by molar-refractivity contribution is 7.00. The molecular weight excluding hydrogens is 1260 g/mol. The molecule has 0 spiro atoms. The standard InChI is InChI=1S/C99H93BN4/c1-95(2,3)62-63-52-90-92-91(53-63)104(94-78(66-36-24-18-25-37-66)58-71(99(13,14)15)59-79(94)67-38-26-19-27-39-67)89-61-73(102-85-43-31-29-41-75(85)81-55-69(97(7,8)9)45-51-87(81)102)47-49-83(89)100(92)82-48-46-72(101-84-42-30-28-40-74(84)80-54-68(96(4,5)6)44-50-86(80)101)60-88(82)103(90)93-76(64-32-20-16-21-33-64)56-70(98(10,11)12)57-77(93)65-34-22-17-23-35-65/h16-61H,62H2,1-15H3/i28D,29D,30D,31D,40D,41D,42D,43D. The van der Waals surface area contributed by atoms with Gasteiger partial charge in [0, 0.05) is 77.9 Å². The van der Waals surface area contributed by atoms with Crippen LogP contribution in [-0.2, 0) is 28.1 Å². The number of nitrogens with zero attached hydrogens (tertiary/aromatic N) is 4. The van der Waals surface area contributed by atoms with Gasteiger partial charge < -0.3 is 18.9 Å². The van der Waals surface area contributed by atoms with Crippen molar-refractivity contribution in [3.63, 3.8) is 0 Å². The highest BCUT2D eigenvalue weighted by Crippen LogP contribution is 2.56. The van der Waals surface area contributed by atoms with Crippen LogP contribution in [-0.4, -0.2) is 15.8 Å². The number of hydrogen-bond donors (Lipinski definition) is 0. The van der Waals surface area contributed by atoms with E-state index in [9.17, 15) is 11.0 Å². The summed E-state index contributed by atoms with van der Waals surface area (Å²) in [6.07, 6.45) is 0.680. The SMILES string of the molecule is [2H]c1c([2H])c([2H])c2c(c1[2H])c1cc(C(C)(C)C)ccc1n2-c1ccc2c(c1)N(c1c(-c3ccccc3)cc(C(C)(C)C)cc1-c1ccccc1)c1cc(CC(C)(C)C)cc3c1B2c1ccc(-n2c4ccc(C(C)(C)C)cc4c4c([2H])c([2H])c([2H])c([2H])c42)cc1N3c1c(-c2ccccc2)cc(C(C)(C)C)cc1-c1ccccc1. The van der Waals surface area contributed by atoms with Gasteiger partial charge in [-0.1, -0.05) is 286 Å². The van der Waals surface area contributed by atoms with Crippen LogP contribution in [0.4, 0.5) is 34.1 Å². The van der Waals surface area contributed by atoms with Gasteiger partial charge >= 0.3 is 0 Å². The van der Waals surface area contributed by atoms with E-state index in [4.69, 9.17) is 0 Å². The largest absolute Gasteiger partial charge is 0.310 e. The Bertz CT molecular complexity index is 5910. The second kappa shape index (κ2) is 24.4. The Morgan fingerprint density at radius 1 is 0.308 bits per heavy atom. The molecule has 0 radical (unpaired) electrons. The molecular formula is C99H93BN4. The van der Waals surface area contributed by atoms with E-state index in [1.165, 1.54) is 11.1 Å². The van der Waals surface area contributed by atoms with Gasteiger partial charge in [0.15, 0.2) is 0 Å². The second-order valence-electron chi connectivity index (χ2n) is 34.3.